The van der Waals surface area contributed by atoms with Gasteiger partial charge >= 0.3 is 6.03 Å². The van der Waals surface area contributed by atoms with E-state index in [1.54, 1.807) is 43.6 Å². The van der Waals surface area contributed by atoms with Crippen LogP contribution in [0.25, 0.3) is 10.9 Å². The van der Waals surface area contributed by atoms with Gasteiger partial charge in [0.1, 0.15) is 11.6 Å². The van der Waals surface area contributed by atoms with Crippen molar-refractivity contribution in [3.8, 4) is 23.0 Å². The van der Waals surface area contributed by atoms with Crippen molar-refractivity contribution in [1.29, 1.82) is 0 Å². The third-order valence-electron chi connectivity index (χ3n) is 7.42. The summed E-state index contributed by atoms with van der Waals surface area (Å²) in [5, 5.41) is 6.76. The first-order valence-electron chi connectivity index (χ1n) is 14.5. The number of carbonyl (C=O) groups excluding carboxylic acids is 1. The number of halogens is 2. The Labute approximate surface area is 254 Å². The topological polar surface area (TPSA) is 97.3 Å². The molecule has 1 fully saturated rings. The standard InChI is InChI=1S/C33H35F2N5O4/c1-22-11-15-40(16-12-22)14-5-17-43-32-20-28-24(19-31(32)42-2)29(10-13-36-28)44-30-9-8-23(18-26(30)35)21-37-39-33(41)38-27-7-4-3-6-25(27)34/h3-4,6-10,13,18-22H,5,11-12,14-17H2,1-2H3,(H2,38,39,41)/b37-21+. The van der Waals surface area contributed by atoms with Crippen LogP contribution in [0.15, 0.2) is 72.0 Å². The number of rotatable bonds is 11. The number of nitrogens with one attached hydrogen (secondary N) is 2. The van der Waals surface area contributed by atoms with Gasteiger partial charge in [-0.15, -0.1) is 0 Å². The van der Waals surface area contributed by atoms with Gasteiger partial charge in [-0.25, -0.2) is 19.0 Å². The van der Waals surface area contributed by atoms with Crippen molar-refractivity contribution in [3.63, 3.8) is 0 Å². The molecular formula is C33H35F2N5O4. The van der Waals surface area contributed by atoms with Crippen molar-refractivity contribution >= 4 is 28.8 Å². The van der Waals surface area contributed by atoms with E-state index < -0.39 is 17.7 Å². The fourth-order valence-corrected chi connectivity index (χ4v) is 4.92. The first-order valence-corrected chi connectivity index (χ1v) is 14.5. The van der Waals surface area contributed by atoms with Crippen LogP contribution in [0.2, 0.25) is 0 Å². The second kappa shape index (κ2) is 14.6. The molecule has 0 aliphatic carbocycles. The Morgan fingerprint density at radius 1 is 1.02 bits per heavy atom. The number of methoxy groups -OCH3 is 1. The van der Waals surface area contributed by atoms with E-state index in [9.17, 15) is 13.6 Å². The molecule has 2 N–H and O–H groups in total. The lowest BCUT2D eigenvalue weighted by molar-refractivity contribution is 0.176. The van der Waals surface area contributed by atoms with Crippen LogP contribution < -0.4 is 25.0 Å². The molecule has 1 aliphatic rings. The molecule has 0 atom stereocenters. The predicted molar refractivity (Wildman–Crippen MR) is 166 cm³/mol. The van der Waals surface area contributed by atoms with Crippen LogP contribution in [0.4, 0.5) is 19.3 Å². The van der Waals surface area contributed by atoms with Gasteiger partial charge in [0.05, 0.1) is 31.1 Å². The van der Waals surface area contributed by atoms with E-state index in [4.69, 9.17) is 14.2 Å². The molecule has 4 aromatic rings. The summed E-state index contributed by atoms with van der Waals surface area (Å²) in [6, 6.07) is 14.5. The third kappa shape index (κ3) is 7.99. The second-order valence-corrected chi connectivity index (χ2v) is 10.7. The third-order valence-corrected chi connectivity index (χ3v) is 7.42. The maximum atomic E-state index is 15.0. The van der Waals surface area contributed by atoms with Crippen LogP contribution in [0.3, 0.4) is 0 Å². The Hall–Kier alpha value is -4.77. The first kappa shape index (κ1) is 30.7. The maximum Gasteiger partial charge on any atom is 0.339 e. The molecule has 230 valence electrons. The number of hydrazone groups is 1. The number of para-hydroxylation sites is 1. The molecule has 44 heavy (non-hydrogen) atoms. The van der Waals surface area contributed by atoms with Crippen molar-refractivity contribution in [3.05, 3.63) is 84.1 Å². The van der Waals surface area contributed by atoms with E-state index in [1.165, 1.54) is 49.4 Å². The highest BCUT2D eigenvalue weighted by Gasteiger charge is 2.16. The molecule has 2 amide bonds. The minimum Gasteiger partial charge on any atom is -0.493 e. The lowest BCUT2D eigenvalue weighted by Crippen LogP contribution is -2.34. The van der Waals surface area contributed by atoms with E-state index in [-0.39, 0.29) is 11.4 Å². The monoisotopic (exact) mass is 603 g/mol. The molecule has 0 spiro atoms. The number of fused-ring (bicyclic) bond motifs is 1. The smallest absolute Gasteiger partial charge is 0.339 e. The molecule has 0 unspecified atom stereocenters. The van der Waals surface area contributed by atoms with Gasteiger partial charge in [-0.05, 0) is 86.3 Å². The highest BCUT2D eigenvalue weighted by Crippen LogP contribution is 2.37. The SMILES string of the molecule is COc1cc2c(Oc3ccc(/C=N/NC(=O)Nc4ccccc4F)cc3F)ccnc2cc1OCCCN1CCC(C)CC1. The van der Waals surface area contributed by atoms with Gasteiger partial charge in [-0.1, -0.05) is 19.1 Å². The molecule has 1 aromatic heterocycles. The molecule has 1 aliphatic heterocycles. The van der Waals surface area contributed by atoms with Gasteiger partial charge < -0.3 is 24.4 Å². The number of carbonyl (C=O) groups is 1. The fourth-order valence-electron chi connectivity index (χ4n) is 4.92. The number of aromatic nitrogens is 1. The minimum atomic E-state index is -0.743. The maximum absolute atomic E-state index is 15.0. The molecule has 9 nitrogen and oxygen atoms in total. The molecule has 5 rings (SSSR count). The summed E-state index contributed by atoms with van der Waals surface area (Å²) in [6.07, 6.45) is 6.24. The lowest BCUT2D eigenvalue weighted by Gasteiger charge is -2.30. The Morgan fingerprint density at radius 2 is 1.84 bits per heavy atom. The molecule has 0 saturated carbocycles. The Balaban J connectivity index is 1.20. The van der Waals surface area contributed by atoms with Crippen LogP contribution >= 0.6 is 0 Å². The second-order valence-electron chi connectivity index (χ2n) is 10.7. The van der Waals surface area contributed by atoms with Gasteiger partial charge in [-0.2, -0.15) is 5.10 Å². The van der Waals surface area contributed by atoms with Crippen molar-refractivity contribution in [1.82, 2.24) is 15.3 Å². The van der Waals surface area contributed by atoms with Gasteiger partial charge in [0.15, 0.2) is 23.1 Å². The highest BCUT2D eigenvalue weighted by molar-refractivity contribution is 5.90. The van der Waals surface area contributed by atoms with E-state index in [2.05, 4.69) is 32.7 Å². The Morgan fingerprint density at radius 3 is 2.61 bits per heavy atom. The van der Waals surface area contributed by atoms with Crippen molar-refractivity contribution in [2.45, 2.75) is 26.2 Å². The Kier molecular flexibility index (Phi) is 10.2. The summed E-state index contributed by atoms with van der Waals surface area (Å²) in [4.78, 5) is 18.9. The minimum absolute atomic E-state index is 0.00805. The number of hydrogen-bond donors (Lipinski definition) is 2. The largest absolute Gasteiger partial charge is 0.493 e. The van der Waals surface area contributed by atoms with E-state index in [1.807, 2.05) is 0 Å². The molecule has 0 radical (unpaired) electrons. The van der Waals surface area contributed by atoms with Crippen LogP contribution in [-0.4, -0.2) is 55.5 Å². The molecular weight excluding hydrogens is 568 g/mol. The molecule has 11 heteroatoms. The molecule has 2 heterocycles. The van der Waals surface area contributed by atoms with Crippen molar-refractivity contribution < 1.29 is 27.8 Å². The zero-order valence-corrected chi connectivity index (χ0v) is 24.7. The zero-order valence-electron chi connectivity index (χ0n) is 24.7. The fraction of sp³-hybridized carbons (Fsp3) is 0.303. The quantitative estimate of drug-likeness (QED) is 0.109. The van der Waals surface area contributed by atoms with Crippen LogP contribution in [-0.2, 0) is 0 Å². The van der Waals surface area contributed by atoms with Crippen LogP contribution in [0.5, 0.6) is 23.0 Å². The van der Waals surface area contributed by atoms with Crippen molar-refractivity contribution in [2.24, 2.45) is 11.0 Å². The number of hydrogen-bond acceptors (Lipinski definition) is 7. The summed E-state index contributed by atoms with van der Waals surface area (Å²) in [5.74, 6) is 1.09. The summed E-state index contributed by atoms with van der Waals surface area (Å²) in [6.45, 7) is 6.13. The number of benzene rings is 3. The number of pyridine rings is 1. The van der Waals surface area contributed by atoms with E-state index >= 15 is 0 Å². The van der Waals surface area contributed by atoms with Crippen LogP contribution in [0, 0.1) is 17.6 Å². The number of piperidine rings is 1. The molecule has 0 bridgehead atoms. The summed E-state index contributed by atoms with van der Waals surface area (Å²) in [7, 11) is 1.57. The molecule has 1 saturated heterocycles. The predicted octanol–water partition coefficient (Wildman–Crippen LogP) is 6.97. The highest BCUT2D eigenvalue weighted by atomic mass is 19.1. The summed E-state index contributed by atoms with van der Waals surface area (Å²) in [5.41, 5.74) is 3.22. The van der Waals surface area contributed by atoms with Gasteiger partial charge in [-0.3, -0.25) is 4.98 Å². The lowest BCUT2D eigenvalue weighted by atomic mass is 9.99. The molecule has 3 aromatic carbocycles. The van der Waals surface area contributed by atoms with Gasteiger partial charge in [0.2, 0.25) is 0 Å². The average molecular weight is 604 g/mol. The normalized spacial score (nSPS) is 14.1. The average Bonchev–Trinajstić information content (AvgIpc) is 3.02. The number of amides is 2. The number of nitrogens with zero attached hydrogens (tertiary/aromatic N) is 3. The van der Waals surface area contributed by atoms with Crippen molar-refractivity contribution in [2.75, 3.05) is 38.7 Å². The van der Waals surface area contributed by atoms with Gasteiger partial charge in [0.25, 0.3) is 0 Å². The number of ether oxygens (including phenoxy) is 3. The Bertz CT molecular complexity index is 1630. The summed E-state index contributed by atoms with van der Waals surface area (Å²) < 4.78 is 46.3. The van der Waals surface area contributed by atoms with E-state index in [0.717, 1.165) is 32.0 Å². The van der Waals surface area contributed by atoms with Gasteiger partial charge in [0, 0.05) is 24.2 Å². The van der Waals surface area contributed by atoms with E-state index in [0.29, 0.717) is 40.3 Å². The number of anilines is 1. The zero-order chi connectivity index (χ0) is 30.9. The first-order chi connectivity index (χ1) is 21.4. The summed E-state index contributed by atoms with van der Waals surface area (Å²) >= 11 is 0. The number of urea groups is 1. The van der Waals surface area contributed by atoms with Crippen LogP contribution in [0.1, 0.15) is 31.7 Å². The number of likely N-dealkylation sites (tertiary alicyclic amines) is 1.